The second-order valence-electron chi connectivity index (χ2n) is 6.25. The van der Waals surface area contributed by atoms with Gasteiger partial charge in [-0.1, -0.05) is 30.7 Å². The van der Waals surface area contributed by atoms with Crippen LogP contribution in [0.5, 0.6) is 0 Å². The predicted molar refractivity (Wildman–Crippen MR) is 96.5 cm³/mol. The van der Waals surface area contributed by atoms with E-state index in [1.165, 1.54) is 4.57 Å². The van der Waals surface area contributed by atoms with Gasteiger partial charge in [-0.2, -0.15) is 0 Å². The fraction of sp³-hybridized carbons (Fsp3) is 0.278. The van der Waals surface area contributed by atoms with Gasteiger partial charge in [-0.3, -0.25) is 14.3 Å². The topological polar surface area (TPSA) is 93.2 Å². The van der Waals surface area contributed by atoms with Crippen molar-refractivity contribution in [2.75, 3.05) is 11.9 Å². The number of hydrogen-bond acceptors (Lipinski definition) is 5. The van der Waals surface area contributed by atoms with Crippen LogP contribution < -0.4 is 16.6 Å². The van der Waals surface area contributed by atoms with Crippen LogP contribution in [0, 0.1) is 0 Å². The first-order valence-electron chi connectivity index (χ1n) is 8.31. The molecule has 0 saturated heterocycles. The first-order chi connectivity index (χ1) is 12.5. The number of H-pyrrole nitrogens is 1. The van der Waals surface area contributed by atoms with Crippen LogP contribution in [0.25, 0.3) is 0 Å². The predicted octanol–water partition coefficient (Wildman–Crippen LogP) is 1.97. The molecular formula is C18H16ClN3O4. The van der Waals surface area contributed by atoms with Crippen molar-refractivity contribution in [2.24, 2.45) is 0 Å². The summed E-state index contributed by atoms with van der Waals surface area (Å²) < 4.78 is 6.67. The number of nitrogens with zero attached hydrogens (tertiary/aromatic N) is 1. The lowest BCUT2D eigenvalue weighted by Crippen LogP contribution is -2.38. The molecule has 1 aromatic heterocycles. The number of halogens is 1. The number of hydrogen-bond donors (Lipinski definition) is 2. The Hall–Kier alpha value is -2.80. The molecule has 3 heterocycles. The van der Waals surface area contributed by atoms with Crippen molar-refractivity contribution >= 4 is 23.4 Å². The molecule has 2 aliphatic heterocycles. The number of ether oxygens (including phenoxy) is 1. The third-order valence-electron chi connectivity index (χ3n) is 4.63. The lowest BCUT2D eigenvalue weighted by atomic mass is 9.83. The number of carbonyl (C=O) groups is 1. The Balaban J connectivity index is 2.02. The number of fused-ring (bicyclic) bond motifs is 1. The summed E-state index contributed by atoms with van der Waals surface area (Å²) in [5.41, 5.74) is 1.04. The number of anilines is 1. The molecule has 1 aromatic carbocycles. The standard InChI is InChI=1S/C18H16ClN3O4/c1-2-7-22-15-14(16(23)21-18(22)25)12(9-3-5-10(19)6-4-9)13-11(20-15)8-26-17(13)24/h3-6,12,20H,2,7-8H2,1H3,(H,21,23,25)/t12-/m0/s1. The summed E-state index contributed by atoms with van der Waals surface area (Å²) in [4.78, 5) is 39.7. The van der Waals surface area contributed by atoms with Crippen LogP contribution in [0.15, 0.2) is 45.1 Å². The molecule has 0 saturated carbocycles. The quantitative estimate of drug-likeness (QED) is 0.802. The summed E-state index contributed by atoms with van der Waals surface area (Å²) in [5.74, 6) is -0.677. The number of aromatic amines is 1. The SMILES string of the molecule is CCCn1c2c(c(=O)[nH]c1=O)[C@@H](c1ccc(Cl)cc1)C1=C(COC1=O)N2. The number of carbonyl (C=O) groups excluding carboxylic acids is 1. The van der Waals surface area contributed by atoms with Gasteiger partial charge in [0.25, 0.3) is 5.56 Å². The van der Waals surface area contributed by atoms with Gasteiger partial charge in [-0.15, -0.1) is 0 Å². The average molecular weight is 374 g/mol. The van der Waals surface area contributed by atoms with Crippen molar-refractivity contribution < 1.29 is 9.53 Å². The first-order valence-corrected chi connectivity index (χ1v) is 8.68. The highest BCUT2D eigenvalue weighted by molar-refractivity contribution is 6.30. The zero-order chi connectivity index (χ0) is 18.4. The minimum absolute atomic E-state index is 0.0881. The third kappa shape index (κ3) is 2.47. The van der Waals surface area contributed by atoms with Gasteiger partial charge in [0.05, 0.1) is 22.8 Å². The molecule has 7 nitrogen and oxygen atoms in total. The first kappa shape index (κ1) is 16.7. The third-order valence-corrected chi connectivity index (χ3v) is 4.88. The van der Waals surface area contributed by atoms with E-state index < -0.39 is 23.1 Å². The summed E-state index contributed by atoms with van der Waals surface area (Å²) in [7, 11) is 0. The van der Waals surface area contributed by atoms with Gasteiger partial charge in [-0.25, -0.2) is 9.59 Å². The van der Waals surface area contributed by atoms with E-state index in [0.717, 1.165) is 5.56 Å². The molecule has 2 aliphatic rings. The Kier molecular flexibility index (Phi) is 3.96. The van der Waals surface area contributed by atoms with Gasteiger partial charge < -0.3 is 10.1 Å². The van der Waals surface area contributed by atoms with Crippen LogP contribution in [-0.2, 0) is 16.1 Å². The molecule has 0 unspecified atom stereocenters. The minimum atomic E-state index is -0.624. The number of rotatable bonds is 3. The van der Waals surface area contributed by atoms with Crippen molar-refractivity contribution in [1.29, 1.82) is 0 Å². The Bertz CT molecular complexity index is 1050. The van der Waals surface area contributed by atoms with Gasteiger partial charge in [-0.05, 0) is 24.1 Å². The van der Waals surface area contributed by atoms with Crippen molar-refractivity contribution in [1.82, 2.24) is 9.55 Å². The molecule has 1 atom stereocenters. The van der Waals surface area contributed by atoms with E-state index in [1.54, 1.807) is 24.3 Å². The van der Waals surface area contributed by atoms with Crippen LogP contribution in [0.4, 0.5) is 5.82 Å². The van der Waals surface area contributed by atoms with E-state index in [4.69, 9.17) is 16.3 Å². The number of aromatic nitrogens is 2. The molecule has 0 amide bonds. The Labute approximate surface area is 153 Å². The van der Waals surface area contributed by atoms with Gasteiger partial charge in [0.15, 0.2) is 0 Å². The summed E-state index contributed by atoms with van der Waals surface area (Å²) in [6.07, 6.45) is 0.715. The number of esters is 1. The Morgan fingerprint density at radius 3 is 2.65 bits per heavy atom. The smallest absolute Gasteiger partial charge is 0.337 e. The monoisotopic (exact) mass is 373 g/mol. The second kappa shape index (κ2) is 6.17. The van der Waals surface area contributed by atoms with Crippen LogP contribution >= 0.6 is 11.6 Å². The van der Waals surface area contributed by atoms with Crippen LogP contribution in [0.3, 0.4) is 0 Å². The van der Waals surface area contributed by atoms with Gasteiger partial charge in [0.2, 0.25) is 0 Å². The fourth-order valence-electron chi connectivity index (χ4n) is 3.51. The molecule has 8 heteroatoms. The second-order valence-corrected chi connectivity index (χ2v) is 6.69. The van der Waals surface area contributed by atoms with E-state index in [0.29, 0.717) is 40.6 Å². The maximum Gasteiger partial charge on any atom is 0.337 e. The summed E-state index contributed by atoms with van der Waals surface area (Å²) in [6, 6.07) is 6.95. The lowest BCUT2D eigenvalue weighted by Gasteiger charge is -2.28. The van der Waals surface area contributed by atoms with Crippen molar-refractivity contribution in [3.05, 3.63) is 72.5 Å². The number of cyclic esters (lactones) is 1. The molecule has 0 spiro atoms. The average Bonchev–Trinajstić information content (AvgIpc) is 2.98. The van der Waals surface area contributed by atoms with Crippen LogP contribution in [0.2, 0.25) is 5.02 Å². The van der Waals surface area contributed by atoms with Gasteiger partial charge in [0.1, 0.15) is 12.4 Å². The maximum absolute atomic E-state index is 12.7. The molecule has 2 N–H and O–H groups in total. The number of nitrogens with one attached hydrogen (secondary N) is 2. The van der Waals surface area contributed by atoms with Crippen LogP contribution in [0.1, 0.15) is 30.4 Å². The fourth-order valence-corrected chi connectivity index (χ4v) is 3.64. The van der Waals surface area contributed by atoms with E-state index in [-0.39, 0.29) is 6.61 Å². The zero-order valence-electron chi connectivity index (χ0n) is 14.0. The van der Waals surface area contributed by atoms with Crippen molar-refractivity contribution in [3.63, 3.8) is 0 Å². The Morgan fingerprint density at radius 1 is 1.23 bits per heavy atom. The van der Waals surface area contributed by atoms with E-state index >= 15 is 0 Å². The minimum Gasteiger partial charge on any atom is -0.456 e. The van der Waals surface area contributed by atoms with Gasteiger partial charge >= 0.3 is 11.7 Å². The zero-order valence-corrected chi connectivity index (χ0v) is 14.7. The van der Waals surface area contributed by atoms with E-state index in [1.807, 2.05) is 6.92 Å². The Morgan fingerprint density at radius 2 is 1.96 bits per heavy atom. The molecule has 134 valence electrons. The highest BCUT2D eigenvalue weighted by Crippen LogP contribution is 2.42. The summed E-state index contributed by atoms with van der Waals surface area (Å²) in [6.45, 7) is 2.47. The summed E-state index contributed by atoms with van der Waals surface area (Å²) >= 11 is 5.98. The number of benzene rings is 1. The van der Waals surface area contributed by atoms with E-state index in [2.05, 4.69) is 10.3 Å². The molecule has 26 heavy (non-hydrogen) atoms. The molecule has 2 aromatic rings. The van der Waals surface area contributed by atoms with Gasteiger partial charge in [0, 0.05) is 11.6 Å². The molecule has 0 radical (unpaired) electrons. The normalized spacial score (nSPS) is 18.2. The largest absolute Gasteiger partial charge is 0.456 e. The molecule has 0 bridgehead atoms. The van der Waals surface area contributed by atoms with Crippen LogP contribution in [-0.4, -0.2) is 22.1 Å². The van der Waals surface area contributed by atoms with Crippen molar-refractivity contribution in [3.8, 4) is 0 Å². The lowest BCUT2D eigenvalue weighted by molar-refractivity contribution is -0.136. The van der Waals surface area contributed by atoms with Crippen molar-refractivity contribution in [2.45, 2.75) is 25.8 Å². The molecular weight excluding hydrogens is 358 g/mol. The highest BCUT2D eigenvalue weighted by atomic mass is 35.5. The molecule has 0 aliphatic carbocycles. The molecule has 0 fully saturated rings. The molecule has 4 rings (SSSR count). The highest BCUT2D eigenvalue weighted by Gasteiger charge is 2.41. The maximum atomic E-state index is 12.7. The van der Waals surface area contributed by atoms with E-state index in [9.17, 15) is 14.4 Å². The summed E-state index contributed by atoms with van der Waals surface area (Å²) in [5, 5.41) is 3.64.